The van der Waals surface area contributed by atoms with Crippen LogP contribution in [0, 0.1) is 5.92 Å². The molecule has 1 saturated heterocycles. The fourth-order valence-corrected chi connectivity index (χ4v) is 2.46. The molecule has 16 heavy (non-hydrogen) atoms. The van der Waals surface area contributed by atoms with E-state index in [0.29, 0.717) is 28.2 Å². The topological polar surface area (TPSA) is 12.5 Å². The average molecular weight is 259 g/mol. The molecule has 1 heterocycles. The van der Waals surface area contributed by atoms with Crippen LogP contribution < -0.4 is 0 Å². The van der Waals surface area contributed by atoms with E-state index in [2.05, 4.69) is 13.8 Å². The van der Waals surface area contributed by atoms with E-state index in [-0.39, 0.29) is 0 Å². The van der Waals surface area contributed by atoms with Crippen molar-refractivity contribution in [2.75, 3.05) is 0 Å². The molecule has 0 radical (unpaired) electrons. The summed E-state index contributed by atoms with van der Waals surface area (Å²) in [5.74, 6) is 0.544. The number of hydrogen-bond acceptors (Lipinski definition) is 1. The van der Waals surface area contributed by atoms with Gasteiger partial charge in [0, 0.05) is 0 Å². The van der Waals surface area contributed by atoms with Gasteiger partial charge < -0.3 is 4.74 Å². The molecule has 3 heteroatoms. The molecule has 1 aromatic carbocycles. The second-order valence-electron chi connectivity index (χ2n) is 4.48. The molecule has 3 atom stereocenters. The summed E-state index contributed by atoms with van der Waals surface area (Å²) in [4.78, 5) is 0. The van der Waals surface area contributed by atoms with Gasteiger partial charge in [-0.1, -0.05) is 43.1 Å². The zero-order chi connectivity index (χ0) is 11.7. The molecule has 0 spiro atoms. The van der Waals surface area contributed by atoms with Crippen LogP contribution in [0.15, 0.2) is 18.2 Å². The van der Waals surface area contributed by atoms with Crippen LogP contribution in [0.3, 0.4) is 0 Å². The van der Waals surface area contributed by atoms with Gasteiger partial charge in [-0.2, -0.15) is 0 Å². The Hall–Kier alpha value is -0.240. The lowest BCUT2D eigenvalue weighted by atomic mass is 9.96. The summed E-state index contributed by atoms with van der Waals surface area (Å²) in [6.07, 6.45) is 3.01. The Morgan fingerprint density at radius 3 is 2.62 bits per heavy atom. The van der Waals surface area contributed by atoms with Crippen LogP contribution >= 0.6 is 23.2 Å². The smallest absolute Gasteiger partial charge is 0.0870 e. The minimum absolute atomic E-state index is 0.430. The fourth-order valence-electron chi connectivity index (χ4n) is 2.14. The van der Waals surface area contributed by atoms with E-state index in [1.165, 1.54) is 5.56 Å². The molecule has 1 aliphatic rings. The number of halogens is 2. The maximum atomic E-state index is 5.99. The van der Waals surface area contributed by atoms with Crippen LogP contribution in [0.4, 0.5) is 0 Å². The van der Waals surface area contributed by atoms with E-state index >= 15 is 0 Å². The molecule has 0 N–H and O–H groups in total. The molecule has 1 fully saturated rings. The minimum Gasteiger partial charge on any atom is -0.369 e. The van der Waals surface area contributed by atoms with Crippen LogP contribution in [-0.2, 0) is 11.2 Å². The molecular formula is C13H16Cl2O. The summed E-state index contributed by atoms with van der Waals surface area (Å²) < 4.78 is 5.60. The first-order chi connectivity index (χ1) is 7.61. The van der Waals surface area contributed by atoms with Crippen LogP contribution in [-0.4, -0.2) is 12.2 Å². The highest BCUT2D eigenvalue weighted by molar-refractivity contribution is 6.42. The lowest BCUT2D eigenvalue weighted by Crippen LogP contribution is -2.09. The molecule has 3 unspecified atom stereocenters. The molecule has 0 saturated carbocycles. The number of rotatable bonds is 4. The predicted molar refractivity (Wildman–Crippen MR) is 68.3 cm³/mol. The molecule has 0 bridgehead atoms. The highest BCUT2D eigenvalue weighted by Crippen LogP contribution is 2.34. The van der Waals surface area contributed by atoms with Crippen molar-refractivity contribution in [3.63, 3.8) is 0 Å². The third-order valence-electron chi connectivity index (χ3n) is 3.13. The first kappa shape index (κ1) is 12.2. The molecule has 88 valence electrons. The Kier molecular flexibility index (Phi) is 3.78. The van der Waals surface area contributed by atoms with E-state index in [1.807, 2.05) is 18.2 Å². The van der Waals surface area contributed by atoms with Gasteiger partial charge in [0.1, 0.15) is 0 Å². The molecule has 1 aliphatic heterocycles. The summed E-state index contributed by atoms with van der Waals surface area (Å²) in [5.41, 5.74) is 1.23. The van der Waals surface area contributed by atoms with E-state index in [1.54, 1.807) is 0 Å². The van der Waals surface area contributed by atoms with Crippen molar-refractivity contribution in [3.8, 4) is 0 Å². The first-order valence-electron chi connectivity index (χ1n) is 5.71. The Bertz CT molecular complexity index is 378. The highest BCUT2D eigenvalue weighted by atomic mass is 35.5. The van der Waals surface area contributed by atoms with Crippen LogP contribution in [0.1, 0.15) is 25.8 Å². The number of ether oxygens (including phenoxy) is 1. The highest BCUT2D eigenvalue weighted by Gasteiger charge is 2.40. The Morgan fingerprint density at radius 2 is 2.06 bits per heavy atom. The number of epoxide rings is 1. The zero-order valence-corrected chi connectivity index (χ0v) is 11.1. The standard InChI is InChI=1S/C13H16Cl2O/c1-3-12-13(16-12)8(2)6-9-4-5-10(14)11(15)7-9/h4-5,7-8,12-13H,3,6H2,1-2H3. The minimum atomic E-state index is 0.430. The van der Waals surface area contributed by atoms with Gasteiger partial charge in [-0.15, -0.1) is 0 Å². The van der Waals surface area contributed by atoms with Gasteiger partial charge in [0.05, 0.1) is 22.3 Å². The van der Waals surface area contributed by atoms with Gasteiger partial charge >= 0.3 is 0 Å². The third kappa shape index (κ3) is 2.71. The molecule has 0 aliphatic carbocycles. The number of hydrogen-bond donors (Lipinski definition) is 0. The summed E-state index contributed by atoms with van der Waals surface area (Å²) in [5, 5.41) is 1.25. The second-order valence-corrected chi connectivity index (χ2v) is 5.29. The Labute approximate surface area is 107 Å². The molecule has 1 aromatic rings. The molecule has 0 aromatic heterocycles. The molecular weight excluding hydrogens is 243 g/mol. The van der Waals surface area contributed by atoms with Gasteiger partial charge in [-0.25, -0.2) is 0 Å². The van der Waals surface area contributed by atoms with E-state index in [0.717, 1.165) is 12.8 Å². The van der Waals surface area contributed by atoms with E-state index in [4.69, 9.17) is 27.9 Å². The van der Waals surface area contributed by atoms with Crippen LogP contribution in [0.25, 0.3) is 0 Å². The molecule has 2 rings (SSSR count). The molecule has 0 amide bonds. The zero-order valence-electron chi connectivity index (χ0n) is 9.54. The second kappa shape index (κ2) is 4.95. The monoisotopic (exact) mass is 258 g/mol. The fraction of sp³-hybridized carbons (Fsp3) is 0.538. The van der Waals surface area contributed by atoms with Crippen molar-refractivity contribution in [1.82, 2.24) is 0 Å². The number of benzene rings is 1. The summed E-state index contributed by atoms with van der Waals surface area (Å²) >= 11 is 11.9. The van der Waals surface area contributed by atoms with Crippen molar-refractivity contribution in [3.05, 3.63) is 33.8 Å². The predicted octanol–water partition coefficient (Wildman–Crippen LogP) is 4.35. The lowest BCUT2D eigenvalue weighted by Gasteiger charge is -2.09. The van der Waals surface area contributed by atoms with Crippen molar-refractivity contribution < 1.29 is 4.74 Å². The summed E-state index contributed by atoms with van der Waals surface area (Å²) in [7, 11) is 0. The van der Waals surface area contributed by atoms with Gasteiger partial charge in [-0.05, 0) is 36.5 Å². The lowest BCUT2D eigenvalue weighted by molar-refractivity contribution is 0.322. The van der Waals surface area contributed by atoms with Crippen molar-refractivity contribution in [2.45, 2.75) is 38.9 Å². The van der Waals surface area contributed by atoms with Gasteiger partial charge in [0.25, 0.3) is 0 Å². The van der Waals surface area contributed by atoms with Crippen molar-refractivity contribution >= 4 is 23.2 Å². The maximum absolute atomic E-state index is 5.99. The average Bonchev–Trinajstić information content (AvgIpc) is 3.02. The van der Waals surface area contributed by atoms with Crippen molar-refractivity contribution in [1.29, 1.82) is 0 Å². The summed E-state index contributed by atoms with van der Waals surface area (Å²) in [6.45, 7) is 4.39. The maximum Gasteiger partial charge on any atom is 0.0870 e. The van der Waals surface area contributed by atoms with Gasteiger partial charge in [0.2, 0.25) is 0 Å². The first-order valence-corrected chi connectivity index (χ1v) is 6.46. The largest absolute Gasteiger partial charge is 0.369 e. The van der Waals surface area contributed by atoms with E-state index in [9.17, 15) is 0 Å². The van der Waals surface area contributed by atoms with E-state index < -0.39 is 0 Å². The summed E-state index contributed by atoms with van der Waals surface area (Å²) in [6, 6.07) is 5.84. The quantitative estimate of drug-likeness (QED) is 0.732. The van der Waals surface area contributed by atoms with Gasteiger partial charge in [-0.3, -0.25) is 0 Å². The van der Waals surface area contributed by atoms with Crippen molar-refractivity contribution in [2.24, 2.45) is 5.92 Å². The molecule has 1 nitrogen and oxygen atoms in total. The van der Waals surface area contributed by atoms with Gasteiger partial charge in [0.15, 0.2) is 0 Å². The Balaban J connectivity index is 1.96. The van der Waals surface area contributed by atoms with Crippen LogP contribution in [0.2, 0.25) is 10.0 Å². The van der Waals surface area contributed by atoms with Crippen LogP contribution in [0.5, 0.6) is 0 Å². The SMILES string of the molecule is CCC1OC1C(C)Cc1ccc(Cl)c(Cl)c1. The Morgan fingerprint density at radius 1 is 1.31 bits per heavy atom. The third-order valence-corrected chi connectivity index (χ3v) is 3.87. The normalized spacial score (nSPS) is 25.5.